The predicted octanol–water partition coefficient (Wildman–Crippen LogP) is 4.61. The minimum Gasteiger partial charge on any atom is -0.372 e. The van der Waals surface area contributed by atoms with Gasteiger partial charge in [-0.25, -0.2) is 8.78 Å². The zero-order valence-corrected chi connectivity index (χ0v) is 14.9. The van der Waals surface area contributed by atoms with E-state index in [1.807, 2.05) is 6.92 Å². The molecule has 1 aliphatic rings. The third-order valence-corrected chi connectivity index (χ3v) is 4.61. The maximum atomic E-state index is 13.2. The summed E-state index contributed by atoms with van der Waals surface area (Å²) in [4.78, 5) is 2.39. The van der Waals surface area contributed by atoms with Crippen LogP contribution in [0.3, 0.4) is 0 Å². The first-order valence-corrected chi connectivity index (χ1v) is 8.81. The van der Waals surface area contributed by atoms with Crippen LogP contribution in [0.1, 0.15) is 31.4 Å². The molecule has 0 radical (unpaired) electrons. The van der Waals surface area contributed by atoms with Crippen molar-refractivity contribution in [2.45, 2.75) is 25.8 Å². The molecule has 1 heterocycles. The van der Waals surface area contributed by atoms with E-state index in [0.717, 1.165) is 30.8 Å². The second-order valence-corrected chi connectivity index (χ2v) is 6.64. The molecule has 25 heavy (non-hydrogen) atoms. The Morgan fingerprint density at radius 1 is 1.04 bits per heavy atom. The molecule has 0 bridgehead atoms. The number of halogens is 2. The molecule has 2 aromatic rings. The molecule has 0 amide bonds. The summed E-state index contributed by atoms with van der Waals surface area (Å²) < 4.78 is 26.2. The standard InChI is InChI=1S/C19H21F2N3S/c1-13(14-4-7-16(8-5-14)24-10-2-3-11-24)22-19(25)23-15-6-9-17(20)18(21)12-15/h4-9,12-13H,2-3,10-11H2,1H3,(H2,22,23,25)/t13-/m0/s1. The van der Waals surface area contributed by atoms with Gasteiger partial charge in [0.05, 0.1) is 6.04 Å². The van der Waals surface area contributed by atoms with Crippen molar-refractivity contribution in [3.63, 3.8) is 0 Å². The smallest absolute Gasteiger partial charge is 0.171 e. The van der Waals surface area contributed by atoms with Crippen LogP contribution in [-0.4, -0.2) is 18.2 Å². The Kier molecular flexibility index (Phi) is 5.48. The van der Waals surface area contributed by atoms with E-state index in [-0.39, 0.29) is 6.04 Å². The number of nitrogens with one attached hydrogen (secondary N) is 2. The van der Waals surface area contributed by atoms with Crippen LogP contribution in [0.15, 0.2) is 42.5 Å². The van der Waals surface area contributed by atoms with Crippen molar-refractivity contribution in [3.8, 4) is 0 Å². The molecule has 6 heteroatoms. The number of nitrogens with zero attached hydrogens (tertiary/aromatic N) is 1. The molecule has 3 nitrogen and oxygen atoms in total. The Bertz CT molecular complexity index is 743. The van der Waals surface area contributed by atoms with Crippen LogP contribution < -0.4 is 15.5 Å². The summed E-state index contributed by atoms with van der Waals surface area (Å²) in [7, 11) is 0. The van der Waals surface area contributed by atoms with Crippen LogP contribution in [0.4, 0.5) is 20.2 Å². The fourth-order valence-electron chi connectivity index (χ4n) is 2.97. The van der Waals surface area contributed by atoms with Crippen molar-refractivity contribution in [2.75, 3.05) is 23.3 Å². The maximum Gasteiger partial charge on any atom is 0.171 e. The summed E-state index contributed by atoms with van der Waals surface area (Å²) in [5.74, 6) is -1.78. The van der Waals surface area contributed by atoms with Gasteiger partial charge in [0.25, 0.3) is 0 Å². The normalized spacial score (nSPS) is 15.1. The van der Waals surface area contributed by atoms with Crippen LogP contribution in [0.25, 0.3) is 0 Å². The van der Waals surface area contributed by atoms with E-state index in [1.165, 1.54) is 24.6 Å². The van der Waals surface area contributed by atoms with Gasteiger partial charge in [0.2, 0.25) is 0 Å². The fraction of sp³-hybridized carbons (Fsp3) is 0.316. The minimum absolute atomic E-state index is 0.00192. The third kappa shape index (κ3) is 4.45. The van der Waals surface area contributed by atoms with Crippen molar-refractivity contribution in [3.05, 3.63) is 59.7 Å². The van der Waals surface area contributed by atoms with Gasteiger partial charge in [0.1, 0.15) is 0 Å². The van der Waals surface area contributed by atoms with E-state index >= 15 is 0 Å². The number of anilines is 2. The molecular formula is C19H21F2N3S. The van der Waals surface area contributed by atoms with Gasteiger partial charge in [-0.15, -0.1) is 0 Å². The second-order valence-electron chi connectivity index (χ2n) is 6.23. The van der Waals surface area contributed by atoms with Crippen LogP contribution in [0.2, 0.25) is 0 Å². The van der Waals surface area contributed by atoms with Crippen molar-refractivity contribution < 1.29 is 8.78 Å². The molecule has 2 aromatic carbocycles. The lowest BCUT2D eigenvalue weighted by molar-refractivity contribution is 0.509. The van der Waals surface area contributed by atoms with Gasteiger partial charge >= 0.3 is 0 Å². The van der Waals surface area contributed by atoms with Crippen LogP contribution in [0, 0.1) is 11.6 Å². The van der Waals surface area contributed by atoms with E-state index in [4.69, 9.17) is 12.2 Å². The molecule has 0 aliphatic carbocycles. The van der Waals surface area contributed by atoms with Crippen molar-refractivity contribution in [1.82, 2.24) is 5.32 Å². The summed E-state index contributed by atoms with van der Waals surface area (Å²) in [6.45, 7) is 4.24. The van der Waals surface area contributed by atoms with Crippen LogP contribution in [0.5, 0.6) is 0 Å². The summed E-state index contributed by atoms with van der Waals surface area (Å²) in [5.41, 5.74) is 2.77. The average Bonchev–Trinajstić information content (AvgIpc) is 3.13. The van der Waals surface area contributed by atoms with Gasteiger partial charge in [0, 0.05) is 30.5 Å². The first-order chi connectivity index (χ1) is 12.0. The molecule has 0 aromatic heterocycles. The Morgan fingerprint density at radius 2 is 1.72 bits per heavy atom. The summed E-state index contributed by atoms with van der Waals surface area (Å²) in [6.07, 6.45) is 2.51. The molecule has 3 rings (SSSR count). The SMILES string of the molecule is C[C@H](NC(=S)Nc1ccc(F)c(F)c1)c1ccc(N2CCCC2)cc1. The van der Waals surface area contributed by atoms with Crippen molar-refractivity contribution in [2.24, 2.45) is 0 Å². The summed E-state index contributed by atoms with van der Waals surface area (Å²) in [5, 5.41) is 6.39. The second kappa shape index (κ2) is 7.78. The van der Waals surface area contributed by atoms with E-state index in [9.17, 15) is 8.78 Å². The fourth-order valence-corrected chi connectivity index (χ4v) is 3.26. The van der Waals surface area contributed by atoms with Gasteiger partial charge in [-0.1, -0.05) is 12.1 Å². The number of hydrogen-bond acceptors (Lipinski definition) is 2. The van der Waals surface area contributed by atoms with Gasteiger partial charge in [0.15, 0.2) is 16.7 Å². The highest BCUT2D eigenvalue weighted by atomic mass is 32.1. The van der Waals surface area contributed by atoms with Gasteiger partial charge in [-0.2, -0.15) is 0 Å². The number of thiocarbonyl (C=S) groups is 1. The topological polar surface area (TPSA) is 27.3 Å². The molecule has 1 atom stereocenters. The monoisotopic (exact) mass is 361 g/mol. The number of rotatable bonds is 4. The summed E-state index contributed by atoms with van der Waals surface area (Å²) in [6, 6.07) is 12.0. The highest BCUT2D eigenvalue weighted by Gasteiger charge is 2.13. The zero-order chi connectivity index (χ0) is 17.8. The lowest BCUT2D eigenvalue weighted by atomic mass is 10.1. The molecule has 0 unspecified atom stereocenters. The van der Waals surface area contributed by atoms with E-state index in [1.54, 1.807) is 0 Å². The van der Waals surface area contributed by atoms with Gasteiger partial charge in [-0.05, 0) is 61.8 Å². The molecule has 1 aliphatic heterocycles. The molecule has 0 spiro atoms. The molecule has 132 valence electrons. The van der Waals surface area contributed by atoms with E-state index in [0.29, 0.717) is 10.8 Å². The largest absolute Gasteiger partial charge is 0.372 e. The quantitative estimate of drug-likeness (QED) is 0.778. The van der Waals surface area contributed by atoms with E-state index in [2.05, 4.69) is 39.8 Å². The molecule has 0 saturated carbocycles. The van der Waals surface area contributed by atoms with Crippen LogP contribution in [-0.2, 0) is 0 Å². The maximum absolute atomic E-state index is 13.2. The van der Waals surface area contributed by atoms with Crippen molar-refractivity contribution >= 4 is 28.7 Å². The summed E-state index contributed by atoms with van der Waals surface area (Å²) >= 11 is 5.25. The average molecular weight is 361 g/mol. The first-order valence-electron chi connectivity index (χ1n) is 8.40. The Balaban J connectivity index is 1.58. The van der Waals surface area contributed by atoms with E-state index < -0.39 is 11.6 Å². The Labute approximate surface area is 152 Å². The molecule has 1 saturated heterocycles. The van der Waals surface area contributed by atoms with Crippen molar-refractivity contribution in [1.29, 1.82) is 0 Å². The zero-order valence-electron chi connectivity index (χ0n) is 14.1. The predicted molar refractivity (Wildman–Crippen MR) is 102 cm³/mol. The number of hydrogen-bond donors (Lipinski definition) is 2. The Hall–Kier alpha value is -2.21. The highest BCUT2D eigenvalue weighted by Crippen LogP contribution is 2.22. The molecular weight excluding hydrogens is 340 g/mol. The highest BCUT2D eigenvalue weighted by molar-refractivity contribution is 7.80. The lowest BCUT2D eigenvalue weighted by Gasteiger charge is -2.20. The third-order valence-electron chi connectivity index (χ3n) is 4.39. The lowest BCUT2D eigenvalue weighted by Crippen LogP contribution is -2.31. The number of benzene rings is 2. The van der Waals surface area contributed by atoms with Crippen LogP contribution >= 0.6 is 12.2 Å². The van der Waals surface area contributed by atoms with Gasteiger partial charge < -0.3 is 15.5 Å². The van der Waals surface area contributed by atoms with Gasteiger partial charge in [-0.3, -0.25) is 0 Å². The minimum atomic E-state index is -0.904. The molecule has 1 fully saturated rings. The molecule has 2 N–H and O–H groups in total. The Morgan fingerprint density at radius 3 is 2.36 bits per heavy atom. The first kappa shape index (κ1) is 17.6.